The third-order valence-corrected chi connectivity index (χ3v) is 7.46. The van der Waals surface area contributed by atoms with E-state index in [-0.39, 0.29) is 11.8 Å². The maximum Gasteiger partial charge on any atom is 0.415 e. The van der Waals surface area contributed by atoms with E-state index >= 15 is 0 Å². The van der Waals surface area contributed by atoms with E-state index in [1.807, 2.05) is 60.7 Å². The summed E-state index contributed by atoms with van der Waals surface area (Å²) in [6, 6.07) is 19.0. The maximum atomic E-state index is 14.0. The monoisotopic (exact) mass is 528 g/mol. The molecule has 2 aliphatic heterocycles. The summed E-state index contributed by atoms with van der Waals surface area (Å²) >= 11 is 0. The minimum atomic E-state index is -4.91. The van der Waals surface area contributed by atoms with Crippen molar-refractivity contribution in [2.45, 2.75) is 62.1 Å². The lowest BCUT2D eigenvalue weighted by molar-refractivity contribution is -0.290. The lowest BCUT2D eigenvalue weighted by atomic mass is 9.90. The van der Waals surface area contributed by atoms with Gasteiger partial charge in [0, 0.05) is 26.2 Å². The summed E-state index contributed by atoms with van der Waals surface area (Å²) in [4.78, 5) is 3.19. The van der Waals surface area contributed by atoms with E-state index < -0.39 is 37.7 Å². The lowest BCUT2D eigenvalue weighted by Gasteiger charge is -2.39. The number of ether oxygens (including phenoxy) is 1. The van der Waals surface area contributed by atoms with E-state index in [1.54, 1.807) is 9.80 Å². The first-order valence-electron chi connectivity index (χ1n) is 12.9. The first kappa shape index (κ1) is 27.9. The molecule has 2 aromatic rings. The third-order valence-electron chi connectivity index (χ3n) is 7.46. The SMILES string of the molecule is FC(F)(F)[C@H](CN1CCC[C@@H](c2ccccc2)C1)O[C@@H](CN1CCC[C@@H](c2ccccc2)C1)C(F)(F)F. The van der Waals surface area contributed by atoms with Crippen molar-refractivity contribution in [3.8, 4) is 0 Å². The Morgan fingerprint density at radius 3 is 1.38 bits per heavy atom. The van der Waals surface area contributed by atoms with Crippen LogP contribution in [0, 0.1) is 0 Å². The number of alkyl halides is 6. The fraction of sp³-hybridized carbons (Fsp3) is 0.571. The second-order valence-electron chi connectivity index (χ2n) is 10.2. The molecule has 0 aliphatic carbocycles. The van der Waals surface area contributed by atoms with Gasteiger partial charge in [0.05, 0.1) is 0 Å². The van der Waals surface area contributed by atoms with Crippen LogP contribution in [0.4, 0.5) is 26.3 Å². The molecule has 0 spiro atoms. The normalized spacial score (nSPS) is 24.1. The molecule has 0 amide bonds. The summed E-state index contributed by atoms with van der Waals surface area (Å²) < 4.78 is 88.8. The van der Waals surface area contributed by atoms with Crippen molar-refractivity contribution in [3.05, 3.63) is 71.8 Å². The van der Waals surface area contributed by atoms with Crippen molar-refractivity contribution >= 4 is 0 Å². The van der Waals surface area contributed by atoms with E-state index in [0.717, 1.165) is 24.0 Å². The number of nitrogens with zero attached hydrogens (tertiary/aromatic N) is 2. The molecule has 37 heavy (non-hydrogen) atoms. The van der Waals surface area contributed by atoms with Crippen molar-refractivity contribution in [1.82, 2.24) is 9.80 Å². The van der Waals surface area contributed by atoms with Crippen molar-refractivity contribution < 1.29 is 31.1 Å². The molecule has 0 radical (unpaired) electrons. The number of rotatable bonds is 8. The molecule has 0 aromatic heterocycles. The maximum absolute atomic E-state index is 14.0. The van der Waals surface area contributed by atoms with Gasteiger partial charge in [-0.1, -0.05) is 60.7 Å². The van der Waals surface area contributed by atoms with E-state index in [2.05, 4.69) is 0 Å². The van der Waals surface area contributed by atoms with Crippen LogP contribution in [-0.4, -0.2) is 73.6 Å². The zero-order valence-electron chi connectivity index (χ0n) is 20.7. The van der Waals surface area contributed by atoms with Crippen LogP contribution in [0.2, 0.25) is 0 Å². The Morgan fingerprint density at radius 1 is 0.649 bits per heavy atom. The molecule has 2 aromatic carbocycles. The zero-order chi connectivity index (χ0) is 26.5. The summed E-state index contributed by atoms with van der Waals surface area (Å²) in [5, 5.41) is 0. The Morgan fingerprint density at radius 2 is 1.03 bits per heavy atom. The quantitative estimate of drug-likeness (QED) is 0.358. The Hall–Kier alpha value is -2.10. The molecule has 0 N–H and O–H groups in total. The van der Waals surface area contributed by atoms with Gasteiger partial charge in [-0.2, -0.15) is 26.3 Å². The van der Waals surface area contributed by atoms with Crippen LogP contribution < -0.4 is 0 Å². The zero-order valence-corrected chi connectivity index (χ0v) is 20.7. The Bertz CT molecular complexity index is 875. The average Bonchev–Trinajstić information content (AvgIpc) is 2.88. The van der Waals surface area contributed by atoms with Crippen molar-refractivity contribution in [3.63, 3.8) is 0 Å². The first-order valence-corrected chi connectivity index (χ1v) is 12.9. The molecular weight excluding hydrogens is 494 g/mol. The summed E-state index contributed by atoms with van der Waals surface area (Å²) in [6.07, 6.45) is -11.8. The van der Waals surface area contributed by atoms with Gasteiger partial charge < -0.3 is 4.74 Å². The van der Waals surface area contributed by atoms with Gasteiger partial charge in [-0.05, 0) is 61.7 Å². The highest BCUT2D eigenvalue weighted by Gasteiger charge is 2.50. The molecule has 2 aliphatic rings. The predicted octanol–water partition coefficient (Wildman–Crippen LogP) is 6.62. The van der Waals surface area contributed by atoms with E-state index in [1.165, 1.54) is 0 Å². The third kappa shape index (κ3) is 7.94. The minimum Gasteiger partial charge on any atom is -0.353 e. The molecule has 204 valence electrons. The van der Waals surface area contributed by atoms with E-state index in [9.17, 15) is 26.3 Å². The van der Waals surface area contributed by atoms with Gasteiger partial charge >= 0.3 is 12.4 Å². The van der Waals surface area contributed by atoms with Gasteiger partial charge in [0.15, 0.2) is 12.2 Å². The van der Waals surface area contributed by atoms with E-state index in [4.69, 9.17) is 4.74 Å². The Kier molecular flexibility index (Phi) is 9.19. The van der Waals surface area contributed by atoms with Crippen LogP contribution in [0.1, 0.15) is 48.6 Å². The topological polar surface area (TPSA) is 15.7 Å². The van der Waals surface area contributed by atoms with Gasteiger partial charge in [0.25, 0.3) is 0 Å². The molecule has 0 saturated carbocycles. The fourth-order valence-electron chi connectivity index (χ4n) is 5.55. The van der Waals surface area contributed by atoms with Gasteiger partial charge in [0.1, 0.15) is 0 Å². The Labute approximate surface area is 214 Å². The molecule has 2 fully saturated rings. The summed E-state index contributed by atoms with van der Waals surface area (Å²) in [7, 11) is 0. The van der Waals surface area contributed by atoms with E-state index in [0.29, 0.717) is 39.0 Å². The highest BCUT2D eigenvalue weighted by Crippen LogP contribution is 2.34. The van der Waals surface area contributed by atoms with Crippen molar-refractivity contribution in [2.24, 2.45) is 0 Å². The van der Waals surface area contributed by atoms with Gasteiger partial charge in [-0.15, -0.1) is 0 Å². The van der Waals surface area contributed by atoms with Crippen molar-refractivity contribution in [2.75, 3.05) is 39.3 Å². The summed E-state index contributed by atoms with van der Waals surface area (Å²) in [6.45, 7) is 0.322. The summed E-state index contributed by atoms with van der Waals surface area (Å²) in [5.41, 5.74) is 2.06. The molecule has 2 saturated heterocycles. The molecule has 3 nitrogen and oxygen atoms in total. The highest BCUT2D eigenvalue weighted by molar-refractivity contribution is 5.21. The number of halogens is 6. The molecule has 0 bridgehead atoms. The minimum absolute atomic E-state index is 0.0468. The molecule has 4 rings (SSSR count). The average molecular weight is 529 g/mol. The number of piperidine rings is 2. The molecule has 9 heteroatoms. The van der Waals surface area contributed by atoms with Crippen LogP contribution in [-0.2, 0) is 4.74 Å². The Balaban J connectivity index is 1.42. The smallest absolute Gasteiger partial charge is 0.353 e. The number of benzene rings is 2. The molecule has 0 unspecified atom stereocenters. The number of hydrogen-bond acceptors (Lipinski definition) is 3. The standard InChI is InChI=1S/C28H34F6N2O/c29-27(30,31)25(19-35-15-7-13-23(17-35)21-9-3-1-4-10-21)37-26(28(32,33)34)20-36-16-8-14-24(18-36)22-11-5-2-6-12-22/h1-6,9-12,23-26H,7-8,13-20H2/t23-,24-,25+,26+/m1/s1. The molecule has 4 atom stereocenters. The number of hydrogen-bond donors (Lipinski definition) is 0. The lowest BCUT2D eigenvalue weighted by Crippen LogP contribution is -2.52. The van der Waals surface area contributed by atoms with Gasteiger partial charge in [-0.3, -0.25) is 9.80 Å². The van der Waals surface area contributed by atoms with Crippen LogP contribution in [0.5, 0.6) is 0 Å². The van der Waals surface area contributed by atoms with Gasteiger partial charge in [-0.25, -0.2) is 0 Å². The van der Waals surface area contributed by atoms with Gasteiger partial charge in [0.2, 0.25) is 0 Å². The first-order chi connectivity index (χ1) is 17.6. The molecular formula is C28H34F6N2O. The van der Waals surface area contributed by atoms with Crippen LogP contribution in [0.25, 0.3) is 0 Å². The second-order valence-corrected chi connectivity index (χ2v) is 10.2. The largest absolute Gasteiger partial charge is 0.415 e. The second kappa shape index (κ2) is 12.2. The highest BCUT2D eigenvalue weighted by atomic mass is 19.4. The summed E-state index contributed by atoms with van der Waals surface area (Å²) in [5.74, 6) is 0.0935. The van der Waals surface area contributed by atoms with Crippen LogP contribution in [0.3, 0.4) is 0 Å². The molecule has 2 heterocycles. The fourth-order valence-corrected chi connectivity index (χ4v) is 5.55. The van der Waals surface area contributed by atoms with Crippen LogP contribution in [0.15, 0.2) is 60.7 Å². The van der Waals surface area contributed by atoms with Crippen molar-refractivity contribution in [1.29, 1.82) is 0 Å². The predicted molar refractivity (Wildman–Crippen MR) is 130 cm³/mol. The van der Waals surface area contributed by atoms with Crippen LogP contribution >= 0.6 is 0 Å². The number of likely N-dealkylation sites (tertiary alicyclic amines) is 2.